The zero-order chi connectivity index (χ0) is 10.1. The fourth-order valence-electron chi connectivity index (χ4n) is 1.57. The molecule has 71 valence electrons. The van der Waals surface area contributed by atoms with Crippen LogP contribution < -0.4 is 0 Å². The molecule has 0 aliphatic heterocycles. The van der Waals surface area contributed by atoms with Gasteiger partial charge in [-0.05, 0) is 23.6 Å². The Hall–Kier alpha value is -1.67. The van der Waals surface area contributed by atoms with Gasteiger partial charge in [-0.2, -0.15) is 0 Å². The number of aromatic nitrogens is 1. The second kappa shape index (κ2) is 3.48. The van der Waals surface area contributed by atoms with Gasteiger partial charge in [0.05, 0.1) is 16.1 Å². The van der Waals surface area contributed by atoms with Crippen LogP contribution in [0, 0.1) is 6.07 Å². The molecule has 3 aromatic rings. The standard InChI is InChI=1S/C13H8NS/c1-2-5-11-10(4-1)7-8-12(14-11)13-6-3-9-15-13/h1-5,7-9H. The van der Waals surface area contributed by atoms with Crippen molar-refractivity contribution in [3.05, 3.63) is 53.9 Å². The molecule has 0 aliphatic rings. The van der Waals surface area contributed by atoms with Crippen LogP contribution in [0.3, 0.4) is 0 Å². The van der Waals surface area contributed by atoms with Crippen LogP contribution in [0.5, 0.6) is 0 Å². The third-order valence-electron chi connectivity index (χ3n) is 2.30. The van der Waals surface area contributed by atoms with E-state index < -0.39 is 0 Å². The molecule has 1 radical (unpaired) electrons. The van der Waals surface area contributed by atoms with Crippen molar-refractivity contribution in [3.8, 4) is 10.6 Å². The first-order chi connectivity index (χ1) is 7.43. The molecule has 0 saturated heterocycles. The van der Waals surface area contributed by atoms with E-state index in [2.05, 4.69) is 23.2 Å². The number of hydrogen-bond acceptors (Lipinski definition) is 2. The quantitative estimate of drug-likeness (QED) is 0.596. The van der Waals surface area contributed by atoms with E-state index in [4.69, 9.17) is 0 Å². The molecule has 2 heteroatoms. The summed E-state index contributed by atoms with van der Waals surface area (Å²) in [5.41, 5.74) is 2.04. The summed E-state index contributed by atoms with van der Waals surface area (Å²) in [5.74, 6) is 0. The lowest BCUT2D eigenvalue weighted by atomic mass is 10.2. The monoisotopic (exact) mass is 210 g/mol. The molecule has 0 fully saturated rings. The van der Waals surface area contributed by atoms with Crippen molar-refractivity contribution in [1.82, 2.24) is 4.98 Å². The minimum atomic E-state index is 1.00. The third kappa shape index (κ3) is 1.53. The number of hydrogen-bond donors (Lipinski definition) is 0. The number of fused-ring (bicyclic) bond motifs is 1. The number of thiophene rings is 1. The molecular formula is C13H8NS. The highest BCUT2D eigenvalue weighted by Crippen LogP contribution is 2.24. The summed E-state index contributed by atoms with van der Waals surface area (Å²) in [6.45, 7) is 0. The minimum Gasteiger partial charge on any atom is -0.247 e. The summed E-state index contributed by atoms with van der Waals surface area (Å²) in [5, 5.41) is 3.20. The highest BCUT2D eigenvalue weighted by Gasteiger charge is 2.01. The second-order valence-electron chi connectivity index (χ2n) is 3.28. The number of nitrogens with zero attached hydrogens (tertiary/aromatic N) is 1. The van der Waals surface area contributed by atoms with Gasteiger partial charge in [0.25, 0.3) is 0 Å². The highest BCUT2D eigenvalue weighted by molar-refractivity contribution is 7.13. The molecule has 15 heavy (non-hydrogen) atoms. The van der Waals surface area contributed by atoms with Crippen LogP contribution >= 0.6 is 11.3 Å². The van der Waals surface area contributed by atoms with Gasteiger partial charge < -0.3 is 0 Å². The molecule has 3 rings (SSSR count). The van der Waals surface area contributed by atoms with Gasteiger partial charge in [-0.3, -0.25) is 0 Å². The molecule has 2 heterocycles. The molecule has 0 aliphatic carbocycles. The Morgan fingerprint density at radius 2 is 2.00 bits per heavy atom. The zero-order valence-corrected chi connectivity index (χ0v) is 8.79. The first kappa shape index (κ1) is 8.62. The average Bonchev–Trinajstić information content (AvgIpc) is 2.82. The maximum absolute atomic E-state index is 4.60. The fraction of sp³-hybridized carbons (Fsp3) is 0. The van der Waals surface area contributed by atoms with Crippen LogP contribution in [-0.4, -0.2) is 4.98 Å². The predicted octanol–water partition coefficient (Wildman–Crippen LogP) is 3.76. The highest BCUT2D eigenvalue weighted by atomic mass is 32.1. The van der Waals surface area contributed by atoms with Gasteiger partial charge in [-0.1, -0.05) is 24.3 Å². The maximum atomic E-state index is 4.60. The first-order valence-corrected chi connectivity index (χ1v) is 5.63. The van der Waals surface area contributed by atoms with E-state index in [1.165, 1.54) is 5.39 Å². The predicted molar refractivity (Wildman–Crippen MR) is 63.9 cm³/mol. The van der Waals surface area contributed by atoms with Crippen LogP contribution in [-0.2, 0) is 0 Å². The van der Waals surface area contributed by atoms with Crippen LogP contribution in [0.15, 0.2) is 47.8 Å². The Kier molecular flexibility index (Phi) is 2.00. The Morgan fingerprint density at radius 3 is 2.87 bits per heavy atom. The molecule has 0 atom stereocenters. The summed E-state index contributed by atoms with van der Waals surface area (Å²) in [7, 11) is 0. The van der Waals surface area contributed by atoms with E-state index in [9.17, 15) is 0 Å². The second-order valence-corrected chi connectivity index (χ2v) is 4.20. The lowest BCUT2D eigenvalue weighted by Gasteiger charge is -1.99. The number of rotatable bonds is 1. The maximum Gasteiger partial charge on any atom is 0.0815 e. The van der Waals surface area contributed by atoms with Crippen molar-refractivity contribution in [2.75, 3.05) is 0 Å². The van der Waals surface area contributed by atoms with E-state index in [1.807, 2.05) is 35.7 Å². The van der Waals surface area contributed by atoms with Gasteiger partial charge in [0, 0.05) is 11.5 Å². The number of pyridine rings is 1. The lowest BCUT2D eigenvalue weighted by Crippen LogP contribution is -1.81. The molecule has 0 saturated carbocycles. The van der Waals surface area contributed by atoms with Gasteiger partial charge in [0.2, 0.25) is 0 Å². The lowest BCUT2D eigenvalue weighted by molar-refractivity contribution is 1.42. The van der Waals surface area contributed by atoms with Crippen LogP contribution in [0.1, 0.15) is 0 Å². The molecular weight excluding hydrogens is 202 g/mol. The van der Waals surface area contributed by atoms with E-state index in [-0.39, 0.29) is 0 Å². The topological polar surface area (TPSA) is 12.9 Å². The van der Waals surface area contributed by atoms with E-state index >= 15 is 0 Å². The summed E-state index contributed by atoms with van der Waals surface area (Å²) in [6, 6.07) is 17.4. The Bertz CT molecular complexity index is 584. The summed E-state index contributed by atoms with van der Waals surface area (Å²) in [6.07, 6.45) is 0. The van der Waals surface area contributed by atoms with Crippen molar-refractivity contribution in [2.24, 2.45) is 0 Å². The van der Waals surface area contributed by atoms with Crippen molar-refractivity contribution in [2.45, 2.75) is 0 Å². The van der Waals surface area contributed by atoms with Crippen molar-refractivity contribution in [3.63, 3.8) is 0 Å². The molecule has 2 aromatic heterocycles. The first-order valence-electron chi connectivity index (χ1n) is 4.75. The minimum absolute atomic E-state index is 1.00. The van der Waals surface area contributed by atoms with Gasteiger partial charge in [-0.25, -0.2) is 4.98 Å². The normalized spacial score (nSPS) is 10.7. The summed E-state index contributed by atoms with van der Waals surface area (Å²) < 4.78 is 0. The smallest absolute Gasteiger partial charge is 0.0815 e. The van der Waals surface area contributed by atoms with Crippen molar-refractivity contribution >= 4 is 22.2 Å². The molecule has 0 spiro atoms. The summed E-state index contributed by atoms with van der Waals surface area (Å²) >= 11 is 1.67. The molecule has 0 unspecified atom stereocenters. The van der Waals surface area contributed by atoms with Crippen LogP contribution in [0.2, 0.25) is 0 Å². The average molecular weight is 210 g/mol. The van der Waals surface area contributed by atoms with Crippen LogP contribution in [0.25, 0.3) is 21.5 Å². The Balaban J connectivity index is 2.22. The van der Waals surface area contributed by atoms with Gasteiger partial charge >= 0.3 is 0 Å². The molecule has 1 nitrogen and oxygen atoms in total. The molecule has 1 aromatic carbocycles. The molecule has 0 amide bonds. The molecule has 0 bridgehead atoms. The number of benzene rings is 1. The van der Waals surface area contributed by atoms with Gasteiger partial charge in [0.15, 0.2) is 0 Å². The Morgan fingerprint density at radius 1 is 1.07 bits per heavy atom. The molecule has 0 N–H and O–H groups in total. The van der Waals surface area contributed by atoms with E-state index in [0.29, 0.717) is 0 Å². The largest absolute Gasteiger partial charge is 0.247 e. The fourth-order valence-corrected chi connectivity index (χ4v) is 2.22. The van der Waals surface area contributed by atoms with Crippen LogP contribution in [0.4, 0.5) is 0 Å². The Labute approximate surface area is 92.0 Å². The third-order valence-corrected chi connectivity index (χ3v) is 3.13. The van der Waals surface area contributed by atoms with Gasteiger partial charge in [0.1, 0.15) is 0 Å². The van der Waals surface area contributed by atoms with Crippen molar-refractivity contribution < 1.29 is 0 Å². The zero-order valence-electron chi connectivity index (χ0n) is 7.97. The number of para-hydroxylation sites is 1. The van der Waals surface area contributed by atoms with E-state index in [1.54, 1.807) is 11.3 Å². The van der Waals surface area contributed by atoms with E-state index in [0.717, 1.165) is 16.1 Å². The SMILES string of the molecule is [c]1ccsc1-c1ccc2ccccc2n1. The van der Waals surface area contributed by atoms with Gasteiger partial charge in [-0.15, -0.1) is 11.3 Å². The summed E-state index contributed by atoms with van der Waals surface area (Å²) in [4.78, 5) is 5.69. The van der Waals surface area contributed by atoms with Crippen molar-refractivity contribution in [1.29, 1.82) is 0 Å².